The fraction of sp³-hybridized carbons (Fsp3) is 0.500. The first-order valence-electron chi connectivity index (χ1n) is 7.32. The number of piperidine rings is 1. The predicted octanol–water partition coefficient (Wildman–Crippen LogP) is 2.55. The number of hydrogen-bond acceptors (Lipinski definition) is 4. The van der Waals surface area contributed by atoms with Gasteiger partial charge in [-0.3, -0.25) is 0 Å². The van der Waals surface area contributed by atoms with Crippen molar-refractivity contribution in [2.45, 2.75) is 38.1 Å². The molecule has 1 aromatic carbocycles. The molecule has 4 heteroatoms. The number of nitrogens with zero attached hydrogens (tertiary/aromatic N) is 2. The lowest BCUT2D eigenvalue weighted by atomic mass is 9.59. The second-order valence-corrected chi connectivity index (χ2v) is 6.34. The van der Waals surface area contributed by atoms with Crippen molar-refractivity contribution in [3.63, 3.8) is 0 Å². The van der Waals surface area contributed by atoms with E-state index in [2.05, 4.69) is 47.6 Å². The lowest BCUT2D eigenvalue weighted by molar-refractivity contribution is 0.158. The second kappa shape index (κ2) is 4.16. The van der Waals surface area contributed by atoms with E-state index in [1.54, 1.807) is 0 Å². The van der Waals surface area contributed by atoms with E-state index >= 15 is 0 Å². The molecule has 0 amide bonds. The summed E-state index contributed by atoms with van der Waals surface area (Å²) in [5.74, 6) is 1.27. The summed E-state index contributed by atoms with van der Waals surface area (Å²) in [6.07, 6.45) is 3.70. The molecule has 0 radical (unpaired) electrons. The number of rotatable bonds is 1. The molecule has 4 rings (SSSR count). The number of aromatic nitrogens is 2. The van der Waals surface area contributed by atoms with Crippen molar-refractivity contribution in [1.29, 1.82) is 0 Å². The first-order valence-corrected chi connectivity index (χ1v) is 7.32. The highest BCUT2D eigenvalue weighted by Crippen LogP contribution is 2.46. The largest absolute Gasteiger partial charge is 0.423 e. The molecule has 2 aliphatic rings. The molecule has 2 aromatic rings. The second-order valence-electron chi connectivity index (χ2n) is 6.34. The van der Waals surface area contributed by atoms with Gasteiger partial charge >= 0.3 is 0 Å². The van der Waals surface area contributed by atoms with Crippen LogP contribution in [0.5, 0.6) is 0 Å². The quantitative estimate of drug-likeness (QED) is 0.864. The molecule has 0 saturated carbocycles. The number of nitrogens with one attached hydrogen (secondary N) is 1. The van der Waals surface area contributed by atoms with Gasteiger partial charge in [-0.1, -0.05) is 19.9 Å². The predicted molar refractivity (Wildman–Crippen MR) is 76.4 cm³/mol. The Morgan fingerprint density at radius 2 is 2.30 bits per heavy atom. The Hall–Kier alpha value is -1.68. The summed E-state index contributed by atoms with van der Waals surface area (Å²) in [7, 11) is 0. The van der Waals surface area contributed by atoms with Gasteiger partial charge in [-0.05, 0) is 54.0 Å². The normalized spacial score (nSPS) is 31.9. The third-order valence-corrected chi connectivity index (χ3v) is 5.43. The van der Waals surface area contributed by atoms with Crippen molar-refractivity contribution in [1.82, 2.24) is 15.5 Å². The molecule has 1 aliphatic heterocycles. The van der Waals surface area contributed by atoms with Crippen molar-refractivity contribution >= 4 is 0 Å². The molecule has 104 valence electrons. The summed E-state index contributed by atoms with van der Waals surface area (Å²) in [5, 5.41) is 11.5. The lowest BCUT2D eigenvalue weighted by Crippen LogP contribution is -2.56. The minimum atomic E-state index is 0.250. The molecule has 2 bridgehead atoms. The first kappa shape index (κ1) is 12.1. The summed E-state index contributed by atoms with van der Waals surface area (Å²) in [4.78, 5) is 0. The van der Waals surface area contributed by atoms with Crippen LogP contribution in [-0.2, 0) is 11.8 Å². The van der Waals surface area contributed by atoms with Crippen molar-refractivity contribution < 1.29 is 4.42 Å². The highest BCUT2D eigenvalue weighted by atomic mass is 16.4. The van der Waals surface area contributed by atoms with Crippen molar-refractivity contribution in [3.05, 3.63) is 35.7 Å². The van der Waals surface area contributed by atoms with Crippen LogP contribution in [0.1, 0.15) is 31.4 Å². The summed E-state index contributed by atoms with van der Waals surface area (Å²) < 4.78 is 5.34. The van der Waals surface area contributed by atoms with Gasteiger partial charge < -0.3 is 9.73 Å². The van der Waals surface area contributed by atoms with Gasteiger partial charge in [-0.2, -0.15) is 0 Å². The number of hydrogen-bond donors (Lipinski definition) is 1. The van der Waals surface area contributed by atoms with Crippen molar-refractivity contribution in [2.24, 2.45) is 5.92 Å². The molecular weight excluding hydrogens is 250 g/mol. The summed E-state index contributed by atoms with van der Waals surface area (Å²) in [6, 6.07) is 7.21. The molecule has 2 unspecified atom stereocenters. The molecule has 4 nitrogen and oxygen atoms in total. The van der Waals surface area contributed by atoms with Crippen LogP contribution in [-0.4, -0.2) is 22.8 Å². The SMILES string of the molecule is CC1C2Cc3ccc(-c4nnco4)cc3[C@]1(C)CCN2. The molecule has 0 spiro atoms. The van der Waals surface area contributed by atoms with Gasteiger partial charge in [0.25, 0.3) is 0 Å². The fourth-order valence-corrected chi connectivity index (χ4v) is 3.95. The summed E-state index contributed by atoms with van der Waals surface area (Å²) in [6.45, 7) is 5.88. The highest BCUT2D eigenvalue weighted by Gasteiger charge is 2.45. The van der Waals surface area contributed by atoms with Crippen molar-refractivity contribution in [2.75, 3.05) is 6.54 Å². The van der Waals surface area contributed by atoms with Gasteiger partial charge in [-0.15, -0.1) is 10.2 Å². The van der Waals surface area contributed by atoms with E-state index in [0.29, 0.717) is 17.9 Å². The minimum Gasteiger partial charge on any atom is -0.423 e. The molecule has 1 fully saturated rings. The Bertz CT molecular complexity index is 637. The molecule has 20 heavy (non-hydrogen) atoms. The Kier molecular flexibility index (Phi) is 2.51. The molecule has 2 heterocycles. The standard InChI is InChI=1S/C16H19N3O/c1-10-14-8-11-3-4-12(15-19-18-9-20-15)7-13(11)16(10,2)5-6-17-14/h3-4,7,9-10,14,17H,5-6,8H2,1-2H3/t10?,14?,16-/m1/s1. The van der Waals surface area contributed by atoms with E-state index in [1.807, 2.05) is 0 Å². The molecule has 1 N–H and O–H groups in total. The summed E-state index contributed by atoms with van der Waals surface area (Å²) in [5.41, 5.74) is 4.22. The van der Waals surface area contributed by atoms with E-state index < -0.39 is 0 Å². The maximum atomic E-state index is 5.34. The smallest absolute Gasteiger partial charge is 0.247 e. The Labute approximate surface area is 118 Å². The molecular formula is C16H19N3O. The van der Waals surface area contributed by atoms with Crippen LogP contribution in [0.15, 0.2) is 29.0 Å². The van der Waals surface area contributed by atoms with Gasteiger partial charge in [0.05, 0.1) is 0 Å². The van der Waals surface area contributed by atoms with Crippen LogP contribution < -0.4 is 5.32 Å². The average molecular weight is 269 g/mol. The maximum absolute atomic E-state index is 5.34. The van der Waals surface area contributed by atoms with E-state index in [0.717, 1.165) is 18.5 Å². The van der Waals surface area contributed by atoms with Crippen LogP contribution in [0.3, 0.4) is 0 Å². The molecule has 1 saturated heterocycles. The fourth-order valence-electron chi connectivity index (χ4n) is 3.95. The molecule has 1 aliphatic carbocycles. The van der Waals surface area contributed by atoms with E-state index in [-0.39, 0.29) is 5.41 Å². The molecule has 1 aromatic heterocycles. The number of fused-ring (bicyclic) bond motifs is 4. The van der Waals surface area contributed by atoms with Gasteiger partial charge in [0, 0.05) is 11.6 Å². The van der Waals surface area contributed by atoms with Crippen LogP contribution in [0.25, 0.3) is 11.5 Å². The van der Waals surface area contributed by atoms with Gasteiger partial charge in [-0.25, -0.2) is 0 Å². The van der Waals surface area contributed by atoms with E-state index in [1.165, 1.54) is 23.9 Å². The zero-order valence-corrected chi connectivity index (χ0v) is 11.9. The maximum Gasteiger partial charge on any atom is 0.247 e. The zero-order valence-electron chi connectivity index (χ0n) is 11.9. The topological polar surface area (TPSA) is 51.0 Å². The van der Waals surface area contributed by atoms with Crippen LogP contribution >= 0.6 is 0 Å². The third-order valence-electron chi connectivity index (χ3n) is 5.43. The Morgan fingerprint density at radius 1 is 1.40 bits per heavy atom. The van der Waals surface area contributed by atoms with Crippen LogP contribution in [0.2, 0.25) is 0 Å². The van der Waals surface area contributed by atoms with Crippen LogP contribution in [0.4, 0.5) is 0 Å². The van der Waals surface area contributed by atoms with Gasteiger partial charge in [0.1, 0.15) is 0 Å². The average Bonchev–Trinajstić information content (AvgIpc) is 2.96. The van der Waals surface area contributed by atoms with E-state index in [9.17, 15) is 0 Å². The summed E-state index contributed by atoms with van der Waals surface area (Å²) >= 11 is 0. The Morgan fingerprint density at radius 3 is 3.10 bits per heavy atom. The third kappa shape index (κ3) is 1.57. The monoisotopic (exact) mass is 269 g/mol. The highest BCUT2D eigenvalue weighted by molar-refractivity contribution is 5.58. The van der Waals surface area contributed by atoms with Crippen LogP contribution in [0, 0.1) is 5.92 Å². The van der Waals surface area contributed by atoms with E-state index in [4.69, 9.17) is 4.42 Å². The zero-order chi connectivity index (χ0) is 13.7. The molecule has 3 atom stereocenters. The lowest BCUT2D eigenvalue weighted by Gasteiger charge is -2.50. The minimum absolute atomic E-state index is 0.250. The first-order chi connectivity index (χ1) is 9.68. The number of benzene rings is 1. The van der Waals surface area contributed by atoms with Crippen molar-refractivity contribution in [3.8, 4) is 11.5 Å². The van der Waals surface area contributed by atoms with Gasteiger partial charge in [0.15, 0.2) is 0 Å². The van der Waals surface area contributed by atoms with Gasteiger partial charge in [0.2, 0.25) is 12.3 Å². The Balaban J connectivity index is 1.86.